The zero-order chi connectivity index (χ0) is 13.2. The normalized spacial score (nSPS) is 13.5. The molecule has 1 unspecified atom stereocenters. The molecule has 0 N–H and O–H groups in total. The number of alkyl halides is 5. The first-order chi connectivity index (χ1) is 7.77. The Morgan fingerprint density at radius 2 is 2.00 bits per heavy atom. The third-order valence-electron chi connectivity index (χ3n) is 2.24. The zero-order valence-electron chi connectivity index (χ0n) is 8.81. The number of benzene rings is 1. The molecule has 0 fully saturated rings. The maximum Gasteiger partial charge on any atom is 0.416 e. The summed E-state index contributed by atoms with van der Waals surface area (Å²) in [4.78, 5) is 10.6. The van der Waals surface area contributed by atoms with Crippen LogP contribution in [0.5, 0.6) is 0 Å². The fourth-order valence-corrected chi connectivity index (χ4v) is 2.30. The summed E-state index contributed by atoms with van der Waals surface area (Å²) < 4.78 is 37.5. The molecule has 0 heterocycles. The third kappa shape index (κ3) is 3.55. The van der Waals surface area contributed by atoms with Crippen LogP contribution in [-0.4, -0.2) is 5.78 Å². The van der Waals surface area contributed by atoms with Crippen LogP contribution in [0.15, 0.2) is 18.2 Å². The summed E-state index contributed by atoms with van der Waals surface area (Å²) in [7, 11) is 0. The average Bonchev–Trinajstić information content (AvgIpc) is 2.25. The number of hydrogen-bond donors (Lipinski definition) is 0. The average molecular weight is 374 g/mol. The fourth-order valence-electron chi connectivity index (χ4n) is 1.36. The molecule has 6 heteroatoms. The van der Waals surface area contributed by atoms with Gasteiger partial charge in [-0.25, -0.2) is 0 Å². The number of rotatable bonds is 3. The van der Waals surface area contributed by atoms with E-state index in [1.807, 2.05) is 0 Å². The molecule has 0 saturated carbocycles. The van der Waals surface area contributed by atoms with Crippen LogP contribution in [0, 0.1) is 0 Å². The highest BCUT2D eigenvalue weighted by molar-refractivity contribution is 9.09. The Balaban J connectivity index is 3.23. The van der Waals surface area contributed by atoms with E-state index in [1.165, 1.54) is 13.0 Å². The quantitative estimate of drug-likeness (QED) is 0.706. The van der Waals surface area contributed by atoms with Crippen LogP contribution < -0.4 is 0 Å². The first-order valence-electron chi connectivity index (χ1n) is 4.68. The summed E-state index contributed by atoms with van der Waals surface area (Å²) in [6.45, 7) is 1.38. The molecule has 1 nitrogen and oxygen atoms in total. The summed E-state index contributed by atoms with van der Waals surface area (Å²) in [5.74, 6) is -0.146. The number of hydrogen-bond acceptors (Lipinski definition) is 1. The molecule has 0 aromatic heterocycles. The molecule has 0 aliphatic heterocycles. The molecule has 0 aliphatic rings. The maximum absolute atomic E-state index is 12.5. The molecule has 1 aromatic rings. The van der Waals surface area contributed by atoms with Crippen LogP contribution in [0.25, 0.3) is 0 Å². The van der Waals surface area contributed by atoms with Crippen LogP contribution in [0.3, 0.4) is 0 Å². The van der Waals surface area contributed by atoms with Gasteiger partial charge in [-0.3, -0.25) is 4.79 Å². The molecule has 0 bridgehead atoms. The first kappa shape index (κ1) is 14.7. The number of ketones is 1. The Morgan fingerprint density at radius 1 is 1.41 bits per heavy atom. The van der Waals surface area contributed by atoms with Crippen molar-refractivity contribution in [2.45, 2.75) is 23.3 Å². The van der Waals surface area contributed by atoms with Crippen molar-refractivity contribution in [3.8, 4) is 0 Å². The van der Waals surface area contributed by atoms with Crippen molar-refractivity contribution < 1.29 is 18.0 Å². The van der Waals surface area contributed by atoms with Gasteiger partial charge in [0.25, 0.3) is 0 Å². The van der Waals surface area contributed by atoms with Gasteiger partial charge >= 0.3 is 6.18 Å². The maximum atomic E-state index is 12.5. The van der Waals surface area contributed by atoms with E-state index in [1.54, 1.807) is 0 Å². The van der Waals surface area contributed by atoms with Gasteiger partial charge in [0, 0.05) is 5.33 Å². The van der Waals surface area contributed by atoms with Crippen LogP contribution in [0.2, 0.25) is 0 Å². The minimum absolute atomic E-state index is 0.146. The lowest BCUT2D eigenvalue weighted by atomic mass is 10.0. The van der Waals surface area contributed by atoms with Gasteiger partial charge in [-0.05, 0) is 30.2 Å². The van der Waals surface area contributed by atoms with Crippen molar-refractivity contribution in [1.82, 2.24) is 0 Å². The fraction of sp³-hybridized carbons (Fsp3) is 0.364. The van der Waals surface area contributed by atoms with E-state index in [2.05, 4.69) is 31.9 Å². The molecule has 0 amide bonds. The Hall–Kier alpha value is -0.360. The Labute approximate surface area is 114 Å². The van der Waals surface area contributed by atoms with Gasteiger partial charge in [0.05, 0.1) is 10.4 Å². The summed E-state index contributed by atoms with van der Waals surface area (Å²) >= 11 is 6.29. The number of carbonyl (C=O) groups is 1. The first-order valence-corrected chi connectivity index (χ1v) is 6.71. The Morgan fingerprint density at radius 3 is 2.41 bits per heavy atom. The molecular weight excluding hydrogens is 365 g/mol. The topological polar surface area (TPSA) is 17.1 Å². The van der Waals surface area contributed by atoms with Gasteiger partial charge < -0.3 is 0 Å². The highest BCUT2D eigenvalue weighted by Gasteiger charge is 2.31. The highest BCUT2D eigenvalue weighted by Crippen LogP contribution is 2.34. The Bertz CT molecular complexity index is 429. The number of Topliss-reactive ketones (excluding diaryl/α,β-unsaturated/α-hetero) is 1. The third-order valence-corrected chi connectivity index (χ3v) is 3.99. The second-order valence-corrected chi connectivity index (χ2v) is 4.99. The van der Waals surface area contributed by atoms with E-state index in [4.69, 9.17) is 0 Å². The molecule has 1 aromatic carbocycles. The minimum Gasteiger partial charge on any atom is -0.298 e. The molecule has 0 radical (unpaired) electrons. The molecule has 0 spiro atoms. The number of carbonyl (C=O) groups excluding carboxylic acids is 1. The predicted molar refractivity (Wildman–Crippen MR) is 66.4 cm³/mol. The Kier molecular flexibility index (Phi) is 4.77. The number of halogens is 5. The predicted octanol–water partition coefficient (Wildman–Crippen LogP) is 4.63. The van der Waals surface area contributed by atoms with E-state index in [9.17, 15) is 18.0 Å². The molecule has 1 rings (SSSR count). The van der Waals surface area contributed by atoms with Crippen molar-refractivity contribution in [1.29, 1.82) is 0 Å². The summed E-state index contributed by atoms with van der Waals surface area (Å²) in [5, 5.41) is 0.266. The van der Waals surface area contributed by atoms with E-state index < -0.39 is 16.6 Å². The molecule has 17 heavy (non-hydrogen) atoms. The lowest BCUT2D eigenvalue weighted by molar-refractivity contribution is -0.137. The minimum atomic E-state index is -4.37. The van der Waals surface area contributed by atoms with Crippen LogP contribution in [-0.2, 0) is 16.3 Å². The van der Waals surface area contributed by atoms with Crippen molar-refractivity contribution in [2.75, 3.05) is 0 Å². The summed E-state index contributed by atoms with van der Waals surface area (Å²) in [5.41, 5.74) is 0.304. The smallest absolute Gasteiger partial charge is 0.298 e. The van der Waals surface area contributed by atoms with Crippen molar-refractivity contribution in [3.05, 3.63) is 34.9 Å². The second kappa shape index (κ2) is 5.52. The molecular formula is C11H9Br2F3O. The summed E-state index contributed by atoms with van der Waals surface area (Å²) in [6.07, 6.45) is -4.37. The zero-order valence-corrected chi connectivity index (χ0v) is 12.0. The van der Waals surface area contributed by atoms with E-state index >= 15 is 0 Å². The van der Waals surface area contributed by atoms with E-state index in [0.29, 0.717) is 11.1 Å². The van der Waals surface area contributed by atoms with Crippen LogP contribution in [0.1, 0.15) is 28.4 Å². The van der Waals surface area contributed by atoms with Gasteiger partial charge in [0.15, 0.2) is 0 Å². The second-order valence-electron chi connectivity index (χ2n) is 3.52. The van der Waals surface area contributed by atoms with Gasteiger partial charge in [-0.1, -0.05) is 37.9 Å². The van der Waals surface area contributed by atoms with Crippen LogP contribution in [0.4, 0.5) is 13.2 Å². The lowest BCUT2D eigenvalue weighted by Gasteiger charge is -2.14. The largest absolute Gasteiger partial charge is 0.416 e. The molecule has 0 saturated heterocycles. The van der Waals surface area contributed by atoms with Gasteiger partial charge in [-0.15, -0.1) is 0 Å². The van der Waals surface area contributed by atoms with Gasteiger partial charge in [-0.2, -0.15) is 13.2 Å². The standard InChI is InChI=1S/C11H9Br2F3O/c1-6(17)10(13)9-3-2-8(11(14,15)16)4-7(9)5-12/h2-4,10H,5H2,1H3. The van der Waals surface area contributed by atoms with Gasteiger partial charge in [0.2, 0.25) is 0 Å². The van der Waals surface area contributed by atoms with Crippen molar-refractivity contribution in [2.24, 2.45) is 0 Å². The van der Waals surface area contributed by atoms with E-state index in [0.717, 1.165) is 12.1 Å². The van der Waals surface area contributed by atoms with Crippen molar-refractivity contribution >= 4 is 37.6 Å². The van der Waals surface area contributed by atoms with Gasteiger partial charge in [0.1, 0.15) is 5.78 Å². The van der Waals surface area contributed by atoms with Crippen molar-refractivity contribution in [3.63, 3.8) is 0 Å². The lowest BCUT2D eigenvalue weighted by Crippen LogP contribution is -2.09. The SMILES string of the molecule is CC(=O)C(Br)c1ccc(C(F)(F)F)cc1CBr. The van der Waals surface area contributed by atoms with E-state index in [-0.39, 0.29) is 11.1 Å². The highest BCUT2D eigenvalue weighted by atomic mass is 79.9. The molecule has 1 atom stereocenters. The summed E-state index contributed by atoms with van der Waals surface area (Å²) in [6, 6.07) is 3.38. The van der Waals surface area contributed by atoms with Crippen LogP contribution >= 0.6 is 31.9 Å². The molecule has 94 valence electrons. The molecule has 0 aliphatic carbocycles. The monoisotopic (exact) mass is 372 g/mol.